The molecule has 0 fully saturated rings. The molecule has 1 rings (SSSR count). The Morgan fingerprint density at radius 2 is 2.15 bits per heavy atom. The number of hydrogen-bond donors (Lipinski definition) is 3. The summed E-state index contributed by atoms with van der Waals surface area (Å²) < 4.78 is 0. The van der Waals surface area contributed by atoms with E-state index in [0.717, 1.165) is 5.56 Å². The van der Waals surface area contributed by atoms with Gasteiger partial charge in [0.15, 0.2) is 0 Å². The van der Waals surface area contributed by atoms with Crippen molar-refractivity contribution in [2.24, 2.45) is 0 Å². The average Bonchev–Trinajstić information content (AvgIpc) is 2.05. The van der Waals surface area contributed by atoms with Crippen LogP contribution < -0.4 is 17.7 Å². The first-order valence-corrected chi connectivity index (χ1v) is 3.85. The molecule has 0 aliphatic carbocycles. The summed E-state index contributed by atoms with van der Waals surface area (Å²) in [6.07, 6.45) is -0.554. The Hall–Kier alpha value is -0.770. The fourth-order valence-corrected chi connectivity index (χ4v) is 1.04. The Kier molecular flexibility index (Phi) is 5.46. The van der Waals surface area contributed by atoms with Gasteiger partial charge in [-0.15, -0.1) is 0 Å². The van der Waals surface area contributed by atoms with Crippen molar-refractivity contribution in [1.29, 1.82) is 0 Å². The Morgan fingerprint density at radius 1 is 1.46 bits per heavy atom. The molecule has 0 saturated carbocycles. The van der Waals surface area contributed by atoms with E-state index in [1.807, 2.05) is 0 Å². The first-order chi connectivity index (χ1) is 5.74. The number of phenols is 1. The standard InChI is InChI=1S/C9H13NO2.ClH/c1-10-6-9(12)7-3-2-4-8(11)5-7;/h2-5,9-12H,6H2,1H3;1H/p-1/t9-;/m0./s1. The third-order valence-electron chi connectivity index (χ3n) is 1.65. The van der Waals surface area contributed by atoms with Crippen LogP contribution in [0.2, 0.25) is 0 Å². The molecule has 0 bridgehead atoms. The van der Waals surface area contributed by atoms with Gasteiger partial charge in [-0.2, -0.15) is 0 Å². The Balaban J connectivity index is 0.00000144. The van der Waals surface area contributed by atoms with Gasteiger partial charge in [0.2, 0.25) is 0 Å². The number of phenolic OH excluding ortho intramolecular Hbond substituents is 1. The van der Waals surface area contributed by atoms with E-state index in [2.05, 4.69) is 5.32 Å². The molecule has 4 heteroatoms. The second-order valence-corrected chi connectivity index (χ2v) is 2.67. The molecule has 0 heterocycles. The number of likely N-dealkylation sites (N-methyl/N-ethyl adjacent to an activating group) is 1. The van der Waals surface area contributed by atoms with Gasteiger partial charge in [-0.3, -0.25) is 0 Å². The van der Waals surface area contributed by atoms with E-state index >= 15 is 0 Å². The van der Waals surface area contributed by atoms with E-state index in [1.165, 1.54) is 0 Å². The third-order valence-corrected chi connectivity index (χ3v) is 1.65. The maximum Gasteiger partial charge on any atom is 0.115 e. The lowest BCUT2D eigenvalue weighted by molar-refractivity contribution is -0.00000519. The maximum absolute atomic E-state index is 9.47. The molecule has 0 aliphatic rings. The first kappa shape index (κ1) is 12.2. The normalized spacial score (nSPS) is 11.8. The molecule has 0 saturated heterocycles. The first-order valence-electron chi connectivity index (χ1n) is 3.85. The number of nitrogens with one attached hydrogen (secondary N) is 1. The monoisotopic (exact) mass is 202 g/mol. The van der Waals surface area contributed by atoms with Crippen molar-refractivity contribution in [3.05, 3.63) is 29.8 Å². The minimum absolute atomic E-state index is 0. The lowest BCUT2D eigenvalue weighted by Gasteiger charge is -2.09. The zero-order valence-corrected chi connectivity index (χ0v) is 8.12. The number of benzene rings is 1. The van der Waals surface area contributed by atoms with Gasteiger partial charge in [-0.05, 0) is 24.7 Å². The highest BCUT2D eigenvalue weighted by molar-refractivity contribution is 5.28. The highest BCUT2D eigenvalue weighted by Gasteiger charge is 2.05. The van der Waals surface area contributed by atoms with Crippen molar-refractivity contribution in [2.45, 2.75) is 6.10 Å². The molecular formula is C9H13ClNO2-. The van der Waals surface area contributed by atoms with Gasteiger partial charge in [0.25, 0.3) is 0 Å². The third kappa shape index (κ3) is 3.63. The van der Waals surface area contributed by atoms with Crippen LogP contribution in [0.25, 0.3) is 0 Å². The van der Waals surface area contributed by atoms with Gasteiger partial charge in [0.1, 0.15) is 5.75 Å². The number of hydrogen-bond acceptors (Lipinski definition) is 3. The van der Waals surface area contributed by atoms with Gasteiger partial charge in [-0.1, -0.05) is 12.1 Å². The van der Waals surface area contributed by atoms with E-state index < -0.39 is 6.10 Å². The summed E-state index contributed by atoms with van der Waals surface area (Å²) in [6, 6.07) is 6.63. The Morgan fingerprint density at radius 3 is 2.69 bits per heavy atom. The van der Waals surface area contributed by atoms with E-state index in [4.69, 9.17) is 5.11 Å². The summed E-state index contributed by atoms with van der Waals surface area (Å²) >= 11 is 0. The number of aromatic hydroxyl groups is 1. The van der Waals surface area contributed by atoms with Gasteiger partial charge < -0.3 is 27.9 Å². The highest BCUT2D eigenvalue weighted by atomic mass is 35.5. The Bertz CT molecular complexity index is 255. The molecule has 74 valence electrons. The van der Waals surface area contributed by atoms with Gasteiger partial charge in [0.05, 0.1) is 6.10 Å². The van der Waals surface area contributed by atoms with Crippen LogP contribution in [-0.4, -0.2) is 23.8 Å². The van der Waals surface area contributed by atoms with Crippen LogP contribution in [0.1, 0.15) is 11.7 Å². The van der Waals surface area contributed by atoms with Gasteiger partial charge >= 0.3 is 0 Å². The molecule has 0 spiro atoms. The molecule has 3 N–H and O–H groups in total. The van der Waals surface area contributed by atoms with Crippen LogP contribution >= 0.6 is 0 Å². The minimum atomic E-state index is -0.554. The summed E-state index contributed by atoms with van der Waals surface area (Å²) in [5.74, 6) is 0.183. The lowest BCUT2D eigenvalue weighted by Crippen LogP contribution is -3.00. The summed E-state index contributed by atoms with van der Waals surface area (Å²) in [5, 5.41) is 21.4. The van der Waals surface area contributed by atoms with E-state index in [0.29, 0.717) is 6.54 Å². The van der Waals surface area contributed by atoms with Gasteiger partial charge in [0, 0.05) is 6.54 Å². The highest BCUT2D eigenvalue weighted by Crippen LogP contribution is 2.17. The maximum atomic E-state index is 9.47. The smallest absolute Gasteiger partial charge is 0.115 e. The van der Waals surface area contributed by atoms with Crippen molar-refractivity contribution >= 4 is 0 Å². The minimum Gasteiger partial charge on any atom is -1.00 e. The molecule has 0 amide bonds. The second kappa shape index (κ2) is 5.80. The predicted molar refractivity (Wildman–Crippen MR) is 47.0 cm³/mol. The molecule has 0 aliphatic heterocycles. The zero-order chi connectivity index (χ0) is 8.97. The zero-order valence-electron chi connectivity index (χ0n) is 7.37. The van der Waals surface area contributed by atoms with Crippen molar-refractivity contribution in [1.82, 2.24) is 5.32 Å². The van der Waals surface area contributed by atoms with Gasteiger partial charge in [-0.25, -0.2) is 0 Å². The number of aliphatic hydroxyl groups excluding tert-OH is 1. The average molecular weight is 203 g/mol. The Labute approximate surface area is 83.8 Å². The molecule has 13 heavy (non-hydrogen) atoms. The number of aliphatic hydroxyl groups is 1. The van der Waals surface area contributed by atoms with Crippen LogP contribution in [0.15, 0.2) is 24.3 Å². The van der Waals surface area contributed by atoms with Crippen LogP contribution in [0.5, 0.6) is 5.75 Å². The molecular weight excluding hydrogens is 190 g/mol. The molecule has 3 nitrogen and oxygen atoms in total. The second-order valence-electron chi connectivity index (χ2n) is 2.67. The van der Waals surface area contributed by atoms with Crippen molar-refractivity contribution < 1.29 is 22.6 Å². The molecule has 0 radical (unpaired) electrons. The lowest BCUT2D eigenvalue weighted by atomic mass is 10.1. The van der Waals surface area contributed by atoms with Crippen molar-refractivity contribution in [2.75, 3.05) is 13.6 Å². The van der Waals surface area contributed by atoms with Crippen LogP contribution in [0.3, 0.4) is 0 Å². The molecule has 1 aromatic carbocycles. The van der Waals surface area contributed by atoms with Crippen LogP contribution in [0.4, 0.5) is 0 Å². The predicted octanol–water partition coefficient (Wildman–Crippen LogP) is -2.35. The van der Waals surface area contributed by atoms with E-state index in [9.17, 15) is 5.11 Å². The summed E-state index contributed by atoms with van der Waals surface area (Å²) in [5.41, 5.74) is 0.726. The molecule has 0 unspecified atom stereocenters. The summed E-state index contributed by atoms with van der Waals surface area (Å²) in [7, 11) is 1.77. The van der Waals surface area contributed by atoms with E-state index in [-0.39, 0.29) is 18.2 Å². The summed E-state index contributed by atoms with van der Waals surface area (Å²) in [6.45, 7) is 0.490. The molecule has 1 aromatic rings. The van der Waals surface area contributed by atoms with Crippen LogP contribution in [-0.2, 0) is 0 Å². The molecule has 1 atom stereocenters. The van der Waals surface area contributed by atoms with Crippen molar-refractivity contribution in [3.63, 3.8) is 0 Å². The van der Waals surface area contributed by atoms with E-state index in [1.54, 1.807) is 31.3 Å². The van der Waals surface area contributed by atoms with Crippen molar-refractivity contribution in [3.8, 4) is 5.75 Å². The molecule has 0 aromatic heterocycles. The summed E-state index contributed by atoms with van der Waals surface area (Å²) in [4.78, 5) is 0. The fraction of sp³-hybridized carbons (Fsp3) is 0.333. The fourth-order valence-electron chi connectivity index (χ4n) is 1.04. The number of rotatable bonds is 3. The largest absolute Gasteiger partial charge is 1.00 e. The number of halogens is 1. The quantitative estimate of drug-likeness (QED) is 0.515. The van der Waals surface area contributed by atoms with Crippen LogP contribution in [0, 0.1) is 0 Å². The topological polar surface area (TPSA) is 52.5 Å². The SMILES string of the molecule is CNC[C@H](O)c1cccc(O)c1.[Cl-].